The molecule has 0 aliphatic carbocycles. The fourth-order valence-electron chi connectivity index (χ4n) is 3.10. The second-order valence-electron chi connectivity index (χ2n) is 5.99. The number of anilines is 1. The SMILES string of the molecule is CCC[C@@]1(CO)CN(C(=O)CNc2cccnc2)CC[C@@H]1O. The molecule has 22 heavy (non-hydrogen) atoms. The van der Waals surface area contributed by atoms with Crippen LogP contribution in [0.5, 0.6) is 0 Å². The van der Waals surface area contributed by atoms with Crippen molar-refractivity contribution in [3.8, 4) is 0 Å². The summed E-state index contributed by atoms with van der Waals surface area (Å²) in [5.41, 5.74) is 0.214. The fourth-order valence-corrected chi connectivity index (χ4v) is 3.10. The van der Waals surface area contributed by atoms with E-state index < -0.39 is 11.5 Å². The van der Waals surface area contributed by atoms with Crippen molar-refractivity contribution in [1.29, 1.82) is 0 Å². The van der Waals surface area contributed by atoms with Gasteiger partial charge in [-0.1, -0.05) is 13.3 Å². The zero-order valence-electron chi connectivity index (χ0n) is 13.0. The van der Waals surface area contributed by atoms with Crippen LogP contribution in [0.15, 0.2) is 24.5 Å². The summed E-state index contributed by atoms with van der Waals surface area (Å²) in [4.78, 5) is 18.1. The maximum Gasteiger partial charge on any atom is 0.241 e. The van der Waals surface area contributed by atoms with E-state index in [1.165, 1.54) is 0 Å². The molecule has 0 bridgehead atoms. The summed E-state index contributed by atoms with van der Waals surface area (Å²) in [6.07, 6.45) is 4.90. The predicted molar refractivity (Wildman–Crippen MR) is 84.4 cm³/mol. The van der Waals surface area contributed by atoms with Gasteiger partial charge in [-0.25, -0.2) is 0 Å². The van der Waals surface area contributed by atoms with Crippen molar-refractivity contribution in [2.75, 3.05) is 31.6 Å². The van der Waals surface area contributed by atoms with E-state index in [-0.39, 0.29) is 19.1 Å². The number of pyridine rings is 1. The highest BCUT2D eigenvalue weighted by atomic mass is 16.3. The van der Waals surface area contributed by atoms with E-state index >= 15 is 0 Å². The van der Waals surface area contributed by atoms with Gasteiger partial charge in [0.25, 0.3) is 0 Å². The van der Waals surface area contributed by atoms with Crippen molar-refractivity contribution >= 4 is 11.6 Å². The number of carbonyl (C=O) groups excluding carboxylic acids is 1. The van der Waals surface area contributed by atoms with E-state index in [9.17, 15) is 15.0 Å². The van der Waals surface area contributed by atoms with Gasteiger partial charge in [0.2, 0.25) is 5.91 Å². The minimum Gasteiger partial charge on any atom is -0.396 e. The fraction of sp³-hybridized carbons (Fsp3) is 0.625. The summed E-state index contributed by atoms with van der Waals surface area (Å²) in [6, 6.07) is 3.66. The van der Waals surface area contributed by atoms with Crippen molar-refractivity contribution in [2.24, 2.45) is 5.41 Å². The number of amides is 1. The van der Waals surface area contributed by atoms with Gasteiger partial charge in [0.15, 0.2) is 0 Å². The number of hydrogen-bond acceptors (Lipinski definition) is 5. The first kappa shape index (κ1) is 16.7. The molecule has 0 radical (unpaired) electrons. The summed E-state index contributed by atoms with van der Waals surface area (Å²) < 4.78 is 0. The van der Waals surface area contributed by atoms with Crippen LogP contribution in [0.4, 0.5) is 5.69 Å². The van der Waals surface area contributed by atoms with E-state index in [0.717, 1.165) is 12.1 Å². The first-order valence-electron chi connectivity index (χ1n) is 7.82. The number of carbonyl (C=O) groups is 1. The molecular weight excluding hydrogens is 282 g/mol. The lowest BCUT2D eigenvalue weighted by Gasteiger charge is -2.45. The maximum atomic E-state index is 12.4. The van der Waals surface area contributed by atoms with Gasteiger partial charge >= 0.3 is 0 Å². The molecule has 2 heterocycles. The smallest absolute Gasteiger partial charge is 0.241 e. The minimum atomic E-state index is -0.586. The summed E-state index contributed by atoms with van der Waals surface area (Å²) in [6.45, 7) is 3.05. The molecule has 0 unspecified atom stereocenters. The molecule has 0 saturated carbocycles. The van der Waals surface area contributed by atoms with Gasteiger partial charge in [-0.15, -0.1) is 0 Å². The average molecular weight is 307 g/mol. The Hall–Kier alpha value is -1.66. The molecule has 2 rings (SSSR count). The van der Waals surface area contributed by atoms with Gasteiger partial charge in [0.1, 0.15) is 0 Å². The van der Waals surface area contributed by atoms with Crippen LogP contribution in [0.1, 0.15) is 26.2 Å². The third kappa shape index (κ3) is 3.75. The summed E-state index contributed by atoms with van der Waals surface area (Å²) in [7, 11) is 0. The van der Waals surface area contributed by atoms with Gasteiger partial charge in [-0.05, 0) is 25.0 Å². The molecule has 1 aliphatic rings. The quantitative estimate of drug-likeness (QED) is 0.726. The summed E-state index contributed by atoms with van der Waals surface area (Å²) in [5.74, 6) is -0.0234. The molecule has 1 amide bonds. The molecule has 122 valence electrons. The Labute approximate surface area is 131 Å². The average Bonchev–Trinajstić information content (AvgIpc) is 2.56. The van der Waals surface area contributed by atoms with Crippen LogP contribution >= 0.6 is 0 Å². The lowest BCUT2D eigenvalue weighted by molar-refractivity contribution is -0.140. The van der Waals surface area contributed by atoms with E-state index in [1.54, 1.807) is 17.3 Å². The Balaban J connectivity index is 1.95. The summed E-state index contributed by atoms with van der Waals surface area (Å²) >= 11 is 0. The molecule has 1 aromatic rings. The highest BCUT2D eigenvalue weighted by Crippen LogP contribution is 2.34. The van der Waals surface area contributed by atoms with Crippen molar-refractivity contribution in [2.45, 2.75) is 32.3 Å². The molecule has 3 N–H and O–H groups in total. The van der Waals surface area contributed by atoms with Crippen molar-refractivity contribution in [3.63, 3.8) is 0 Å². The van der Waals surface area contributed by atoms with Gasteiger partial charge < -0.3 is 20.4 Å². The molecule has 0 spiro atoms. The predicted octanol–water partition coefficient (Wildman–Crippen LogP) is 0.865. The second-order valence-corrected chi connectivity index (χ2v) is 5.99. The van der Waals surface area contributed by atoms with Gasteiger partial charge in [-0.3, -0.25) is 9.78 Å². The van der Waals surface area contributed by atoms with Crippen LogP contribution in [0.25, 0.3) is 0 Å². The van der Waals surface area contributed by atoms with E-state index in [4.69, 9.17) is 0 Å². The van der Waals surface area contributed by atoms with Crippen LogP contribution in [0.3, 0.4) is 0 Å². The van der Waals surface area contributed by atoms with Gasteiger partial charge in [0, 0.05) is 30.9 Å². The monoisotopic (exact) mass is 307 g/mol. The third-order valence-corrected chi connectivity index (χ3v) is 4.41. The van der Waals surface area contributed by atoms with Crippen molar-refractivity contribution in [1.82, 2.24) is 9.88 Å². The van der Waals surface area contributed by atoms with Gasteiger partial charge in [0.05, 0.1) is 24.9 Å². The number of piperidine rings is 1. The lowest BCUT2D eigenvalue weighted by atomic mass is 9.74. The van der Waals surface area contributed by atoms with Crippen molar-refractivity contribution < 1.29 is 15.0 Å². The Kier molecular flexibility index (Phi) is 5.74. The lowest BCUT2D eigenvalue weighted by Crippen LogP contribution is -2.56. The molecule has 1 aliphatic heterocycles. The van der Waals surface area contributed by atoms with Crippen LogP contribution in [-0.4, -0.2) is 58.3 Å². The Morgan fingerprint density at radius 2 is 2.41 bits per heavy atom. The van der Waals surface area contributed by atoms with E-state index in [2.05, 4.69) is 10.3 Å². The highest BCUT2D eigenvalue weighted by Gasteiger charge is 2.42. The Bertz CT molecular complexity index is 483. The second kappa shape index (κ2) is 7.56. The topological polar surface area (TPSA) is 85.7 Å². The van der Waals surface area contributed by atoms with E-state index in [1.807, 2.05) is 19.1 Å². The number of aliphatic hydroxyl groups excluding tert-OH is 2. The van der Waals surface area contributed by atoms with E-state index in [0.29, 0.717) is 25.9 Å². The minimum absolute atomic E-state index is 0.0234. The molecule has 1 aromatic heterocycles. The molecule has 6 heteroatoms. The number of hydrogen-bond donors (Lipinski definition) is 3. The van der Waals surface area contributed by atoms with Crippen LogP contribution < -0.4 is 5.32 Å². The molecule has 2 atom stereocenters. The van der Waals surface area contributed by atoms with Crippen LogP contribution in [0.2, 0.25) is 0 Å². The Morgan fingerprint density at radius 3 is 3.05 bits per heavy atom. The number of aliphatic hydroxyl groups is 2. The van der Waals surface area contributed by atoms with Crippen molar-refractivity contribution in [3.05, 3.63) is 24.5 Å². The van der Waals surface area contributed by atoms with Gasteiger partial charge in [-0.2, -0.15) is 0 Å². The summed E-state index contributed by atoms with van der Waals surface area (Å²) in [5, 5.41) is 23.0. The maximum absolute atomic E-state index is 12.4. The molecule has 1 fully saturated rings. The first-order chi connectivity index (χ1) is 10.6. The normalized spacial score (nSPS) is 25.0. The molecule has 1 saturated heterocycles. The highest BCUT2D eigenvalue weighted by molar-refractivity contribution is 5.81. The third-order valence-electron chi connectivity index (χ3n) is 4.41. The standard InChI is InChI=1S/C16H25N3O3/c1-2-6-16(12-20)11-19(8-5-14(16)21)15(22)10-18-13-4-3-7-17-9-13/h3-4,7,9,14,18,20-21H,2,5-6,8,10-12H2,1H3/t14-,16-/m0/s1. The Morgan fingerprint density at radius 1 is 1.59 bits per heavy atom. The number of likely N-dealkylation sites (tertiary alicyclic amines) is 1. The zero-order valence-corrected chi connectivity index (χ0v) is 13.0. The largest absolute Gasteiger partial charge is 0.396 e. The number of aromatic nitrogens is 1. The molecule has 0 aromatic carbocycles. The number of rotatable bonds is 6. The first-order valence-corrected chi connectivity index (χ1v) is 7.82. The molecule has 6 nitrogen and oxygen atoms in total. The van der Waals surface area contributed by atoms with Crippen LogP contribution in [-0.2, 0) is 4.79 Å². The number of nitrogens with zero attached hydrogens (tertiary/aromatic N) is 2. The zero-order chi connectivity index (χ0) is 16.0. The molecular formula is C16H25N3O3. The number of nitrogens with one attached hydrogen (secondary N) is 1. The van der Waals surface area contributed by atoms with Crippen LogP contribution in [0, 0.1) is 5.41 Å².